The van der Waals surface area contributed by atoms with Gasteiger partial charge >= 0.3 is 0 Å². The Bertz CT molecular complexity index is 323. The lowest BCUT2D eigenvalue weighted by atomic mass is 10.2. The zero-order valence-electron chi connectivity index (χ0n) is 8.16. The van der Waals surface area contributed by atoms with Gasteiger partial charge in [0.2, 0.25) is 0 Å². The minimum Gasteiger partial charge on any atom is -0.492 e. The summed E-state index contributed by atoms with van der Waals surface area (Å²) in [5.74, 6) is 0.721. The van der Waals surface area contributed by atoms with E-state index in [4.69, 9.17) is 22.1 Å². The lowest BCUT2D eigenvalue weighted by Crippen LogP contribution is -1.93. The van der Waals surface area contributed by atoms with E-state index in [0.29, 0.717) is 18.2 Å². The van der Waals surface area contributed by atoms with Crippen molar-refractivity contribution in [2.45, 2.75) is 6.92 Å². The van der Waals surface area contributed by atoms with Gasteiger partial charge in [0.05, 0.1) is 11.6 Å². The molecule has 0 bridgehead atoms. The van der Waals surface area contributed by atoms with Gasteiger partial charge in [-0.2, -0.15) is 0 Å². The van der Waals surface area contributed by atoms with Gasteiger partial charge in [0.25, 0.3) is 0 Å². The number of nitrogens with two attached hydrogens (primary N) is 1. The smallest absolute Gasteiger partial charge is 0.137 e. The molecule has 0 aliphatic carbocycles. The quantitative estimate of drug-likeness (QED) is 0.831. The Morgan fingerprint density at radius 1 is 1.50 bits per heavy atom. The van der Waals surface area contributed by atoms with E-state index in [1.54, 1.807) is 0 Å². The number of hydrogen-bond acceptors (Lipinski definition) is 2. The minimum absolute atomic E-state index is 0.533. The lowest BCUT2D eigenvalue weighted by molar-refractivity contribution is 0.340. The van der Waals surface area contributed by atoms with Crippen LogP contribution in [0, 0.1) is 0 Å². The van der Waals surface area contributed by atoms with Crippen LogP contribution in [0.25, 0.3) is 6.08 Å². The van der Waals surface area contributed by atoms with Gasteiger partial charge in [0.15, 0.2) is 0 Å². The van der Waals surface area contributed by atoms with E-state index >= 15 is 0 Å². The fraction of sp³-hybridized carbons (Fsp3) is 0.273. The molecule has 0 aliphatic heterocycles. The molecule has 0 aliphatic rings. The average Bonchev–Trinajstić information content (AvgIpc) is 2.19. The van der Waals surface area contributed by atoms with E-state index in [2.05, 4.69) is 0 Å². The molecular formula is C11H14ClNO. The molecule has 0 amide bonds. The molecule has 1 rings (SSSR count). The molecule has 0 unspecified atom stereocenters. The zero-order valence-corrected chi connectivity index (χ0v) is 8.92. The Labute approximate surface area is 89.3 Å². The summed E-state index contributed by atoms with van der Waals surface area (Å²) < 4.78 is 5.32. The molecule has 3 heteroatoms. The predicted molar refractivity (Wildman–Crippen MR) is 60.7 cm³/mol. The van der Waals surface area contributed by atoms with Crippen LogP contribution in [0.1, 0.15) is 12.5 Å². The number of hydrogen-bond donors (Lipinski definition) is 1. The summed E-state index contributed by atoms with van der Waals surface area (Å²) in [5.41, 5.74) is 6.38. The first-order valence-corrected chi connectivity index (χ1v) is 4.94. The summed E-state index contributed by atoms with van der Waals surface area (Å²) in [6.07, 6.45) is 3.81. The van der Waals surface area contributed by atoms with Gasteiger partial charge in [-0.15, -0.1) is 0 Å². The van der Waals surface area contributed by atoms with Gasteiger partial charge in [-0.1, -0.05) is 29.8 Å². The maximum atomic E-state index is 6.00. The fourth-order valence-electron chi connectivity index (χ4n) is 1.10. The van der Waals surface area contributed by atoms with Crippen molar-refractivity contribution in [2.24, 2.45) is 5.73 Å². The monoisotopic (exact) mass is 211 g/mol. The van der Waals surface area contributed by atoms with Crippen LogP contribution in [0.5, 0.6) is 5.75 Å². The van der Waals surface area contributed by atoms with E-state index in [-0.39, 0.29) is 0 Å². The summed E-state index contributed by atoms with van der Waals surface area (Å²) in [5, 5.41) is 0.631. The zero-order chi connectivity index (χ0) is 10.4. The topological polar surface area (TPSA) is 35.2 Å². The second kappa shape index (κ2) is 5.68. The van der Waals surface area contributed by atoms with Crippen LogP contribution in [-0.4, -0.2) is 13.2 Å². The van der Waals surface area contributed by atoms with Crippen LogP contribution in [0.4, 0.5) is 0 Å². The number of rotatable bonds is 4. The van der Waals surface area contributed by atoms with Crippen molar-refractivity contribution in [3.05, 3.63) is 34.9 Å². The summed E-state index contributed by atoms with van der Waals surface area (Å²) in [6, 6.07) is 5.67. The highest BCUT2D eigenvalue weighted by atomic mass is 35.5. The maximum absolute atomic E-state index is 6.00. The lowest BCUT2D eigenvalue weighted by Gasteiger charge is -2.05. The van der Waals surface area contributed by atoms with Crippen LogP contribution < -0.4 is 10.5 Å². The molecular weight excluding hydrogens is 198 g/mol. The highest BCUT2D eigenvalue weighted by molar-refractivity contribution is 6.32. The largest absolute Gasteiger partial charge is 0.492 e. The normalized spacial score (nSPS) is 10.8. The van der Waals surface area contributed by atoms with E-state index < -0.39 is 0 Å². The van der Waals surface area contributed by atoms with Crippen LogP contribution >= 0.6 is 11.6 Å². The molecule has 1 aromatic rings. The number of benzene rings is 1. The van der Waals surface area contributed by atoms with Crippen molar-refractivity contribution in [1.82, 2.24) is 0 Å². The van der Waals surface area contributed by atoms with Crippen molar-refractivity contribution in [3.63, 3.8) is 0 Å². The second-order valence-electron chi connectivity index (χ2n) is 2.76. The van der Waals surface area contributed by atoms with E-state index in [0.717, 1.165) is 11.3 Å². The van der Waals surface area contributed by atoms with Gasteiger partial charge in [0, 0.05) is 6.54 Å². The Morgan fingerprint density at radius 2 is 2.29 bits per heavy atom. The van der Waals surface area contributed by atoms with Crippen molar-refractivity contribution in [3.8, 4) is 5.75 Å². The van der Waals surface area contributed by atoms with Crippen LogP contribution in [0.2, 0.25) is 5.02 Å². The summed E-state index contributed by atoms with van der Waals surface area (Å²) in [7, 11) is 0. The van der Waals surface area contributed by atoms with Gasteiger partial charge in [-0.3, -0.25) is 0 Å². The molecule has 76 valence electrons. The SMILES string of the molecule is CCOc1ccc(/C=C/CN)cc1Cl. The van der Waals surface area contributed by atoms with Crippen LogP contribution in [0.15, 0.2) is 24.3 Å². The highest BCUT2D eigenvalue weighted by Crippen LogP contribution is 2.25. The molecule has 0 aromatic heterocycles. The molecule has 0 fully saturated rings. The third-order valence-corrected chi connectivity index (χ3v) is 2.00. The number of halogens is 1. The van der Waals surface area contributed by atoms with Crippen molar-refractivity contribution in [2.75, 3.05) is 13.2 Å². The Kier molecular flexibility index (Phi) is 4.50. The van der Waals surface area contributed by atoms with Crippen LogP contribution in [0.3, 0.4) is 0 Å². The van der Waals surface area contributed by atoms with Crippen molar-refractivity contribution in [1.29, 1.82) is 0 Å². The molecule has 0 radical (unpaired) electrons. The summed E-state index contributed by atoms with van der Waals surface area (Å²) in [6.45, 7) is 3.08. The third-order valence-electron chi connectivity index (χ3n) is 1.70. The molecule has 0 saturated heterocycles. The molecule has 0 spiro atoms. The first kappa shape index (κ1) is 11.1. The van der Waals surface area contributed by atoms with E-state index in [1.165, 1.54) is 0 Å². The Morgan fingerprint density at radius 3 is 2.86 bits per heavy atom. The van der Waals surface area contributed by atoms with Gasteiger partial charge in [-0.05, 0) is 24.6 Å². The standard InChI is InChI=1S/C11H14ClNO/c1-2-14-11-6-5-9(4-3-7-13)8-10(11)12/h3-6,8H,2,7,13H2,1H3/b4-3+. The number of ether oxygens (including phenoxy) is 1. The highest BCUT2D eigenvalue weighted by Gasteiger charge is 1.99. The first-order chi connectivity index (χ1) is 6.77. The van der Waals surface area contributed by atoms with E-state index in [9.17, 15) is 0 Å². The molecule has 2 N–H and O–H groups in total. The minimum atomic E-state index is 0.533. The van der Waals surface area contributed by atoms with Crippen molar-refractivity contribution < 1.29 is 4.74 Å². The molecule has 14 heavy (non-hydrogen) atoms. The summed E-state index contributed by atoms with van der Waals surface area (Å²) in [4.78, 5) is 0. The first-order valence-electron chi connectivity index (χ1n) is 4.57. The summed E-state index contributed by atoms with van der Waals surface area (Å²) >= 11 is 6.00. The second-order valence-corrected chi connectivity index (χ2v) is 3.17. The van der Waals surface area contributed by atoms with Crippen LogP contribution in [-0.2, 0) is 0 Å². The van der Waals surface area contributed by atoms with E-state index in [1.807, 2.05) is 37.3 Å². The Hall–Kier alpha value is -0.990. The van der Waals surface area contributed by atoms with Gasteiger partial charge in [0.1, 0.15) is 5.75 Å². The molecule has 0 heterocycles. The molecule has 1 aromatic carbocycles. The average molecular weight is 212 g/mol. The molecule has 2 nitrogen and oxygen atoms in total. The predicted octanol–water partition coefficient (Wildman–Crippen LogP) is 2.71. The molecule has 0 saturated carbocycles. The molecule has 0 atom stereocenters. The van der Waals surface area contributed by atoms with Crippen molar-refractivity contribution >= 4 is 17.7 Å². The van der Waals surface area contributed by atoms with Gasteiger partial charge in [-0.25, -0.2) is 0 Å². The third kappa shape index (κ3) is 3.05. The van der Waals surface area contributed by atoms with Gasteiger partial charge < -0.3 is 10.5 Å². The maximum Gasteiger partial charge on any atom is 0.137 e. The Balaban J connectivity index is 2.83. The fourth-order valence-corrected chi connectivity index (χ4v) is 1.34.